The van der Waals surface area contributed by atoms with E-state index in [-0.39, 0.29) is 28.4 Å². The summed E-state index contributed by atoms with van der Waals surface area (Å²) >= 11 is 7.45. The SMILES string of the molecule is COC(=O)Cn1c(=NC(=O)CCS(=O)(=O)c2ccccc2)sc2c(Cl)ccc(C)c21. The molecule has 0 spiro atoms. The smallest absolute Gasteiger partial charge is 0.325 e. The van der Waals surface area contributed by atoms with E-state index in [2.05, 4.69) is 4.99 Å². The number of esters is 1. The molecule has 3 rings (SSSR count). The molecule has 0 aliphatic carbocycles. The van der Waals surface area contributed by atoms with Crippen LogP contribution in [0.15, 0.2) is 52.4 Å². The number of thiazole rings is 1. The minimum atomic E-state index is -3.60. The number of carbonyl (C=O) groups is 2. The lowest BCUT2D eigenvalue weighted by atomic mass is 10.2. The number of carbonyl (C=O) groups excluding carboxylic acids is 2. The lowest BCUT2D eigenvalue weighted by molar-refractivity contribution is -0.141. The second-order valence-electron chi connectivity index (χ2n) is 6.48. The van der Waals surface area contributed by atoms with Gasteiger partial charge in [0.15, 0.2) is 14.6 Å². The molecule has 0 atom stereocenters. The lowest BCUT2D eigenvalue weighted by Crippen LogP contribution is -2.23. The Balaban J connectivity index is 1.96. The molecule has 158 valence electrons. The van der Waals surface area contributed by atoms with Crippen LogP contribution in [0.2, 0.25) is 5.02 Å². The van der Waals surface area contributed by atoms with Crippen molar-refractivity contribution in [2.45, 2.75) is 24.8 Å². The number of sulfone groups is 1. The third-order valence-electron chi connectivity index (χ3n) is 4.40. The van der Waals surface area contributed by atoms with Crippen molar-refractivity contribution in [3.05, 3.63) is 57.9 Å². The van der Waals surface area contributed by atoms with Gasteiger partial charge < -0.3 is 9.30 Å². The number of aryl methyl sites for hydroxylation is 1. The highest BCUT2D eigenvalue weighted by molar-refractivity contribution is 7.91. The standard InChI is InChI=1S/C20H19ClN2O5S2/c1-13-8-9-15(21)19-18(13)23(12-17(25)28-2)20(29-19)22-16(24)10-11-30(26,27)14-6-4-3-5-7-14/h3-9H,10-12H2,1-2H3. The lowest BCUT2D eigenvalue weighted by Gasteiger charge is -2.06. The summed E-state index contributed by atoms with van der Waals surface area (Å²) in [5, 5.41) is 0.472. The van der Waals surface area contributed by atoms with Gasteiger partial charge in [-0.2, -0.15) is 4.99 Å². The topological polar surface area (TPSA) is 94.8 Å². The minimum absolute atomic E-state index is 0.147. The first-order valence-electron chi connectivity index (χ1n) is 8.93. The van der Waals surface area contributed by atoms with Crippen LogP contribution in [0.3, 0.4) is 0 Å². The second-order valence-corrected chi connectivity index (χ2v) is 9.97. The fourth-order valence-electron chi connectivity index (χ4n) is 2.87. The first-order valence-corrected chi connectivity index (χ1v) is 11.8. The molecule has 7 nitrogen and oxygen atoms in total. The fraction of sp³-hybridized carbons (Fsp3) is 0.250. The molecule has 0 aliphatic rings. The van der Waals surface area contributed by atoms with Crippen LogP contribution in [-0.4, -0.2) is 37.7 Å². The van der Waals surface area contributed by atoms with Crippen LogP contribution in [0.5, 0.6) is 0 Å². The molecule has 10 heteroatoms. The molecule has 1 heterocycles. The van der Waals surface area contributed by atoms with Crippen LogP contribution in [0, 0.1) is 6.92 Å². The van der Waals surface area contributed by atoms with Gasteiger partial charge in [-0.3, -0.25) is 9.59 Å². The number of rotatable bonds is 6. The highest BCUT2D eigenvalue weighted by Crippen LogP contribution is 2.29. The van der Waals surface area contributed by atoms with Crippen LogP contribution in [0.4, 0.5) is 0 Å². The summed E-state index contributed by atoms with van der Waals surface area (Å²) in [6.45, 7) is 1.71. The van der Waals surface area contributed by atoms with E-state index >= 15 is 0 Å². The van der Waals surface area contributed by atoms with Gasteiger partial charge >= 0.3 is 5.97 Å². The Kier molecular flexibility index (Phi) is 6.74. The highest BCUT2D eigenvalue weighted by Gasteiger charge is 2.18. The number of ether oxygens (including phenoxy) is 1. The highest BCUT2D eigenvalue weighted by atomic mass is 35.5. The number of halogens is 1. The van der Waals surface area contributed by atoms with Crippen molar-refractivity contribution in [3.63, 3.8) is 0 Å². The predicted octanol–water partition coefficient (Wildman–Crippen LogP) is 3.13. The van der Waals surface area contributed by atoms with E-state index in [0.29, 0.717) is 15.2 Å². The van der Waals surface area contributed by atoms with Crippen molar-refractivity contribution in [2.24, 2.45) is 4.99 Å². The van der Waals surface area contributed by atoms with E-state index in [1.165, 1.54) is 19.2 Å². The first-order chi connectivity index (χ1) is 14.2. The molecule has 1 amide bonds. The van der Waals surface area contributed by atoms with Gasteiger partial charge in [-0.25, -0.2) is 8.42 Å². The normalized spacial score (nSPS) is 12.3. The Labute approximate surface area is 182 Å². The van der Waals surface area contributed by atoms with Gasteiger partial charge in [-0.15, -0.1) is 0 Å². The van der Waals surface area contributed by atoms with Gasteiger partial charge in [0.2, 0.25) is 5.91 Å². The average molecular weight is 467 g/mol. The van der Waals surface area contributed by atoms with Gasteiger partial charge in [0, 0.05) is 6.42 Å². The van der Waals surface area contributed by atoms with E-state index in [4.69, 9.17) is 16.3 Å². The van der Waals surface area contributed by atoms with Crippen LogP contribution in [0.25, 0.3) is 10.2 Å². The summed E-state index contributed by atoms with van der Waals surface area (Å²) in [6, 6.07) is 11.5. The number of hydrogen-bond donors (Lipinski definition) is 0. The first kappa shape index (κ1) is 22.2. The molecule has 0 radical (unpaired) electrons. The molecule has 0 unspecified atom stereocenters. The average Bonchev–Trinajstić information content (AvgIpc) is 3.09. The number of amides is 1. The maximum absolute atomic E-state index is 12.5. The van der Waals surface area contributed by atoms with Gasteiger partial charge in [-0.1, -0.05) is 47.2 Å². The maximum Gasteiger partial charge on any atom is 0.325 e. The molecule has 0 bridgehead atoms. The Morgan fingerprint density at radius 1 is 1.17 bits per heavy atom. The maximum atomic E-state index is 12.5. The van der Waals surface area contributed by atoms with Crippen molar-refractivity contribution >= 4 is 54.9 Å². The summed E-state index contributed by atoms with van der Waals surface area (Å²) in [4.78, 5) is 28.8. The van der Waals surface area contributed by atoms with Gasteiger partial charge in [0.05, 0.1) is 33.0 Å². The molecule has 0 aliphatic heterocycles. The van der Waals surface area contributed by atoms with Crippen LogP contribution < -0.4 is 4.80 Å². The zero-order valence-corrected chi connectivity index (χ0v) is 18.7. The molecule has 3 aromatic rings. The molecule has 2 aromatic carbocycles. The summed E-state index contributed by atoms with van der Waals surface area (Å²) < 4.78 is 31.8. The molecule has 0 N–H and O–H groups in total. The van der Waals surface area contributed by atoms with E-state index in [0.717, 1.165) is 16.9 Å². The zero-order valence-electron chi connectivity index (χ0n) is 16.3. The minimum Gasteiger partial charge on any atom is -0.468 e. The van der Waals surface area contributed by atoms with E-state index in [1.807, 2.05) is 13.0 Å². The molecule has 0 fully saturated rings. The van der Waals surface area contributed by atoms with Crippen molar-refractivity contribution in [2.75, 3.05) is 12.9 Å². The monoisotopic (exact) mass is 466 g/mol. The van der Waals surface area contributed by atoms with Crippen molar-refractivity contribution in [1.82, 2.24) is 4.57 Å². The van der Waals surface area contributed by atoms with Gasteiger partial charge in [0.1, 0.15) is 6.54 Å². The summed E-state index contributed by atoms with van der Waals surface area (Å²) in [5.74, 6) is -1.47. The second kappa shape index (κ2) is 9.11. The zero-order chi connectivity index (χ0) is 21.9. The molecular weight excluding hydrogens is 448 g/mol. The number of nitrogens with zero attached hydrogens (tertiary/aromatic N) is 2. The van der Waals surface area contributed by atoms with E-state index in [1.54, 1.807) is 28.8 Å². The molecular formula is C20H19ClN2O5S2. The van der Waals surface area contributed by atoms with Gasteiger partial charge in [-0.05, 0) is 30.7 Å². The third kappa shape index (κ3) is 4.80. The molecule has 0 saturated heterocycles. The number of benzene rings is 2. The van der Waals surface area contributed by atoms with Gasteiger partial charge in [0.25, 0.3) is 0 Å². The Morgan fingerprint density at radius 3 is 2.53 bits per heavy atom. The quantitative estimate of drug-likeness (QED) is 0.520. The number of fused-ring (bicyclic) bond motifs is 1. The molecule has 30 heavy (non-hydrogen) atoms. The fourth-order valence-corrected chi connectivity index (χ4v) is 5.52. The number of methoxy groups -OCH3 is 1. The molecule has 1 aromatic heterocycles. The Hall–Kier alpha value is -2.49. The van der Waals surface area contributed by atoms with Crippen LogP contribution in [0.1, 0.15) is 12.0 Å². The van der Waals surface area contributed by atoms with Crippen LogP contribution in [-0.2, 0) is 30.7 Å². The third-order valence-corrected chi connectivity index (χ3v) is 7.67. The van der Waals surface area contributed by atoms with Crippen molar-refractivity contribution < 1.29 is 22.7 Å². The Bertz CT molecular complexity index is 1280. The predicted molar refractivity (Wildman–Crippen MR) is 115 cm³/mol. The molecule has 0 saturated carbocycles. The van der Waals surface area contributed by atoms with Crippen LogP contribution >= 0.6 is 22.9 Å². The number of aromatic nitrogens is 1. The van der Waals surface area contributed by atoms with E-state index < -0.39 is 21.7 Å². The summed E-state index contributed by atoms with van der Waals surface area (Å²) in [6.07, 6.45) is -0.281. The summed E-state index contributed by atoms with van der Waals surface area (Å²) in [7, 11) is -2.33. The van der Waals surface area contributed by atoms with Crippen molar-refractivity contribution in [3.8, 4) is 0 Å². The summed E-state index contributed by atoms with van der Waals surface area (Å²) in [5.41, 5.74) is 1.54. The van der Waals surface area contributed by atoms with Crippen molar-refractivity contribution in [1.29, 1.82) is 0 Å². The largest absolute Gasteiger partial charge is 0.468 e. The number of hydrogen-bond acceptors (Lipinski definition) is 6. The van der Waals surface area contributed by atoms with E-state index in [9.17, 15) is 18.0 Å². The Morgan fingerprint density at radius 2 is 1.87 bits per heavy atom.